The second-order valence-electron chi connectivity index (χ2n) is 6.22. The zero-order valence-corrected chi connectivity index (χ0v) is 12.4. The molecule has 1 fully saturated rings. The zero-order valence-electron chi connectivity index (χ0n) is 12.4. The molecule has 21 heavy (non-hydrogen) atoms. The molecule has 2 aliphatic heterocycles. The van der Waals surface area contributed by atoms with Gasteiger partial charge in [0.2, 0.25) is 0 Å². The molecule has 0 amide bonds. The van der Waals surface area contributed by atoms with Crippen LogP contribution in [0.5, 0.6) is 0 Å². The van der Waals surface area contributed by atoms with E-state index in [0.717, 1.165) is 13.0 Å². The first-order chi connectivity index (χ1) is 10.3. The highest BCUT2D eigenvalue weighted by atomic mass is 16.5. The molecule has 1 saturated heterocycles. The molecule has 0 aliphatic carbocycles. The van der Waals surface area contributed by atoms with Crippen LogP contribution in [0, 0.1) is 12.8 Å². The largest absolute Gasteiger partial charge is 0.378 e. The molecule has 2 aromatic rings. The molecule has 3 unspecified atom stereocenters. The minimum Gasteiger partial charge on any atom is -0.378 e. The van der Waals surface area contributed by atoms with E-state index in [2.05, 4.69) is 60.8 Å². The van der Waals surface area contributed by atoms with Crippen molar-refractivity contribution < 1.29 is 4.74 Å². The molecular formula is C19H21NO. The van der Waals surface area contributed by atoms with E-state index in [1.165, 1.54) is 28.8 Å². The first-order valence-electron chi connectivity index (χ1n) is 7.86. The Labute approximate surface area is 126 Å². The van der Waals surface area contributed by atoms with Gasteiger partial charge in [-0.25, -0.2) is 0 Å². The lowest BCUT2D eigenvalue weighted by Gasteiger charge is -2.43. The topological polar surface area (TPSA) is 21.3 Å². The molecule has 2 nitrogen and oxygen atoms in total. The van der Waals surface area contributed by atoms with Crippen molar-refractivity contribution in [3.8, 4) is 0 Å². The summed E-state index contributed by atoms with van der Waals surface area (Å²) in [6, 6.07) is 17.8. The normalized spacial score (nSPS) is 27.4. The molecular weight excluding hydrogens is 258 g/mol. The Kier molecular flexibility index (Phi) is 3.19. The first kappa shape index (κ1) is 12.9. The lowest BCUT2D eigenvalue weighted by molar-refractivity contribution is -0.0381. The van der Waals surface area contributed by atoms with Gasteiger partial charge in [-0.3, -0.25) is 0 Å². The van der Waals surface area contributed by atoms with E-state index in [9.17, 15) is 0 Å². The third kappa shape index (κ3) is 2.24. The Hall–Kier alpha value is -1.80. The number of benzene rings is 2. The highest BCUT2D eigenvalue weighted by molar-refractivity contribution is 5.58. The van der Waals surface area contributed by atoms with Crippen molar-refractivity contribution in [2.24, 2.45) is 5.92 Å². The van der Waals surface area contributed by atoms with Gasteiger partial charge in [0, 0.05) is 23.8 Å². The van der Waals surface area contributed by atoms with Crippen LogP contribution in [0.25, 0.3) is 0 Å². The fraction of sp³-hybridized carbons (Fsp3) is 0.368. The van der Waals surface area contributed by atoms with E-state index >= 15 is 0 Å². The molecule has 2 heteroatoms. The smallest absolute Gasteiger partial charge is 0.0895 e. The van der Waals surface area contributed by atoms with Gasteiger partial charge in [0.15, 0.2) is 0 Å². The monoisotopic (exact) mass is 279 g/mol. The van der Waals surface area contributed by atoms with Crippen molar-refractivity contribution >= 4 is 5.69 Å². The molecule has 4 rings (SSSR count). The van der Waals surface area contributed by atoms with Crippen molar-refractivity contribution in [3.05, 3.63) is 65.2 Å². The molecule has 2 aliphatic rings. The summed E-state index contributed by atoms with van der Waals surface area (Å²) in [4.78, 5) is 0. The van der Waals surface area contributed by atoms with Gasteiger partial charge in [0.25, 0.3) is 0 Å². The van der Waals surface area contributed by atoms with Gasteiger partial charge in [-0.1, -0.05) is 48.0 Å². The Morgan fingerprint density at radius 2 is 1.95 bits per heavy atom. The lowest BCUT2D eigenvalue weighted by Crippen LogP contribution is -2.36. The average Bonchev–Trinajstić information content (AvgIpc) is 2.55. The maximum Gasteiger partial charge on any atom is 0.0895 e. The average molecular weight is 279 g/mol. The van der Waals surface area contributed by atoms with Gasteiger partial charge in [0.05, 0.1) is 12.1 Å². The van der Waals surface area contributed by atoms with Crippen LogP contribution in [-0.4, -0.2) is 6.61 Å². The fourth-order valence-electron chi connectivity index (χ4n) is 3.78. The van der Waals surface area contributed by atoms with Crippen LogP contribution in [0.1, 0.15) is 41.7 Å². The maximum atomic E-state index is 6.18. The fourth-order valence-corrected chi connectivity index (χ4v) is 3.78. The minimum absolute atomic E-state index is 0.236. The Morgan fingerprint density at radius 3 is 2.81 bits per heavy atom. The van der Waals surface area contributed by atoms with Crippen molar-refractivity contribution in [1.82, 2.24) is 0 Å². The van der Waals surface area contributed by atoms with Crippen LogP contribution in [0.15, 0.2) is 48.5 Å². The van der Waals surface area contributed by atoms with Gasteiger partial charge in [0.1, 0.15) is 0 Å². The Bertz CT molecular complexity index is 637. The Balaban J connectivity index is 1.79. The van der Waals surface area contributed by atoms with E-state index in [1.807, 2.05) is 0 Å². The number of rotatable bonds is 1. The summed E-state index contributed by atoms with van der Waals surface area (Å²) in [5, 5.41) is 3.76. The summed E-state index contributed by atoms with van der Waals surface area (Å²) in [6.45, 7) is 3.04. The number of nitrogens with one attached hydrogen (secondary N) is 1. The number of fused-ring (bicyclic) bond motifs is 3. The second kappa shape index (κ2) is 5.19. The van der Waals surface area contributed by atoms with Gasteiger partial charge in [-0.15, -0.1) is 0 Å². The summed E-state index contributed by atoms with van der Waals surface area (Å²) >= 11 is 0. The number of hydrogen-bond acceptors (Lipinski definition) is 2. The highest BCUT2D eigenvalue weighted by Crippen LogP contribution is 2.49. The molecule has 2 heterocycles. The van der Waals surface area contributed by atoms with Crippen LogP contribution in [-0.2, 0) is 4.74 Å². The summed E-state index contributed by atoms with van der Waals surface area (Å²) in [5.41, 5.74) is 5.25. The molecule has 3 atom stereocenters. The molecule has 0 spiro atoms. The third-order valence-corrected chi connectivity index (χ3v) is 4.78. The van der Waals surface area contributed by atoms with Crippen LogP contribution < -0.4 is 5.32 Å². The molecule has 2 aromatic carbocycles. The van der Waals surface area contributed by atoms with Gasteiger partial charge in [-0.05, 0) is 31.4 Å². The van der Waals surface area contributed by atoms with Gasteiger partial charge >= 0.3 is 0 Å². The van der Waals surface area contributed by atoms with Crippen molar-refractivity contribution in [2.75, 3.05) is 11.9 Å². The van der Waals surface area contributed by atoms with Gasteiger partial charge in [-0.2, -0.15) is 0 Å². The quantitative estimate of drug-likeness (QED) is 0.821. The van der Waals surface area contributed by atoms with Crippen LogP contribution in [0.2, 0.25) is 0 Å². The van der Waals surface area contributed by atoms with Crippen LogP contribution in [0.3, 0.4) is 0 Å². The summed E-state index contributed by atoms with van der Waals surface area (Å²) in [7, 11) is 0. The van der Waals surface area contributed by atoms with Crippen molar-refractivity contribution in [1.29, 1.82) is 0 Å². The lowest BCUT2D eigenvalue weighted by atomic mass is 9.77. The van der Waals surface area contributed by atoms with E-state index in [0.29, 0.717) is 12.0 Å². The second-order valence-corrected chi connectivity index (χ2v) is 6.22. The predicted molar refractivity (Wildman–Crippen MR) is 85.4 cm³/mol. The standard InChI is InChI=1S/C19H21NO/c1-13-9-10-17-16(12-13)19-15(8-5-11-21-19)18(20-17)14-6-3-2-4-7-14/h2-4,6-7,9-10,12,15,18-20H,5,8,11H2,1H3. The summed E-state index contributed by atoms with van der Waals surface area (Å²) < 4.78 is 6.18. The number of hydrogen-bond donors (Lipinski definition) is 1. The predicted octanol–water partition coefficient (Wildman–Crippen LogP) is 4.63. The molecule has 1 N–H and O–H groups in total. The summed E-state index contributed by atoms with van der Waals surface area (Å²) in [6.07, 6.45) is 2.62. The SMILES string of the molecule is Cc1ccc2c(c1)C1OCCCC1C(c1ccccc1)N2. The molecule has 0 aromatic heterocycles. The Morgan fingerprint density at radius 1 is 1.10 bits per heavy atom. The minimum atomic E-state index is 0.236. The van der Waals surface area contributed by atoms with E-state index in [-0.39, 0.29) is 6.10 Å². The zero-order chi connectivity index (χ0) is 14.2. The van der Waals surface area contributed by atoms with E-state index < -0.39 is 0 Å². The van der Waals surface area contributed by atoms with Crippen LogP contribution >= 0.6 is 0 Å². The maximum absolute atomic E-state index is 6.18. The van der Waals surface area contributed by atoms with E-state index in [4.69, 9.17) is 4.74 Å². The molecule has 0 radical (unpaired) electrons. The number of aryl methyl sites for hydroxylation is 1. The molecule has 0 bridgehead atoms. The number of anilines is 1. The summed E-state index contributed by atoms with van der Waals surface area (Å²) in [5.74, 6) is 0.524. The van der Waals surface area contributed by atoms with Gasteiger partial charge < -0.3 is 10.1 Å². The number of ether oxygens (including phenoxy) is 1. The van der Waals surface area contributed by atoms with Crippen LogP contribution in [0.4, 0.5) is 5.69 Å². The van der Waals surface area contributed by atoms with Crippen molar-refractivity contribution in [3.63, 3.8) is 0 Å². The molecule has 108 valence electrons. The highest BCUT2D eigenvalue weighted by Gasteiger charge is 2.39. The first-order valence-corrected chi connectivity index (χ1v) is 7.86. The molecule has 0 saturated carbocycles. The van der Waals surface area contributed by atoms with Crippen molar-refractivity contribution in [2.45, 2.75) is 31.9 Å². The third-order valence-electron chi connectivity index (χ3n) is 4.78. The van der Waals surface area contributed by atoms with E-state index in [1.54, 1.807) is 0 Å².